The van der Waals surface area contributed by atoms with Crippen LogP contribution in [0.2, 0.25) is 30.1 Å². The van der Waals surface area contributed by atoms with Crippen LogP contribution >= 0.6 is 69.6 Å². The number of esters is 4. The molecule has 0 aliphatic rings. The highest BCUT2D eigenvalue weighted by Crippen LogP contribution is 2.41. The van der Waals surface area contributed by atoms with Gasteiger partial charge < -0.3 is 18.9 Å². The molecule has 0 bridgehead atoms. The SMILES string of the molecule is O=C(Oc1c(Cl)cc(Cl)c(Cl)c1C(=O)OCCCCCc1ccccc1)C(=O)Oc1c(Cl)cc(Cl)c(Cl)c1C(=O)OCCCCCc1ccccc1. The molecule has 0 aromatic heterocycles. The second-order valence-electron chi connectivity index (χ2n) is 11.4. The summed E-state index contributed by atoms with van der Waals surface area (Å²) in [5.41, 5.74) is 1.43. The van der Waals surface area contributed by atoms with Crippen molar-refractivity contribution >= 4 is 93.5 Å². The number of ether oxygens (including phenoxy) is 4. The minimum atomic E-state index is -1.66. The zero-order valence-electron chi connectivity index (χ0n) is 27.5. The molecule has 14 heteroatoms. The molecule has 274 valence electrons. The molecule has 0 unspecified atom stereocenters. The quantitative estimate of drug-likeness (QED) is 0.0361. The van der Waals surface area contributed by atoms with Crippen LogP contribution in [0.15, 0.2) is 72.8 Å². The molecular formula is C38H32Cl6O8. The number of unbranched alkanes of at least 4 members (excludes halogenated alkanes) is 4. The first kappa shape index (κ1) is 41.3. The van der Waals surface area contributed by atoms with Gasteiger partial charge in [-0.1, -0.05) is 130 Å². The van der Waals surface area contributed by atoms with Crippen molar-refractivity contribution in [3.8, 4) is 11.5 Å². The van der Waals surface area contributed by atoms with Crippen molar-refractivity contribution in [2.75, 3.05) is 13.2 Å². The van der Waals surface area contributed by atoms with Crippen molar-refractivity contribution < 1.29 is 38.1 Å². The molecule has 4 aromatic carbocycles. The summed E-state index contributed by atoms with van der Waals surface area (Å²) in [6.45, 7) is 0.0395. The highest BCUT2D eigenvalue weighted by molar-refractivity contribution is 6.47. The largest absolute Gasteiger partial charge is 0.462 e. The third-order valence-corrected chi connectivity index (χ3v) is 9.73. The molecule has 0 heterocycles. The lowest BCUT2D eigenvalue weighted by Gasteiger charge is -2.15. The van der Waals surface area contributed by atoms with E-state index >= 15 is 0 Å². The van der Waals surface area contributed by atoms with E-state index < -0.39 is 46.5 Å². The molecule has 52 heavy (non-hydrogen) atoms. The van der Waals surface area contributed by atoms with E-state index in [1.54, 1.807) is 0 Å². The molecule has 0 saturated heterocycles. The molecular weight excluding hydrogens is 797 g/mol. The van der Waals surface area contributed by atoms with Crippen LogP contribution in [0.25, 0.3) is 0 Å². The average Bonchev–Trinajstić information content (AvgIpc) is 3.13. The molecule has 4 rings (SSSR count). The van der Waals surface area contributed by atoms with Crippen LogP contribution in [0.1, 0.15) is 70.4 Å². The van der Waals surface area contributed by atoms with Gasteiger partial charge in [-0.3, -0.25) is 0 Å². The Kier molecular flexibility index (Phi) is 16.4. The van der Waals surface area contributed by atoms with Crippen LogP contribution in [-0.2, 0) is 31.9 Å². The fourth-order valence-electron chi connectivity index (χ4n) is 4.97. The lowest BCUT2D eigenvalue weighted by Crippen LogP contribution is -2.27. The maximum atomic E-state index is 13.1. The lowest BCUT2D eigenvalue weighted by atomic mass is 10.1. The van der Waals surface area contributed by atoms with Gasteiger partial charge in [-0.15, -0.1) is 0 Å². The first-order valence-corrected chi connectivity index (χ1v) is 18.5. The second-order valence-corrected chi connectivity index (χ2v) is 13.7. The van der Waals surface area contributed by atoms with E-state index in [9.17, 15) is 19.2 Å². The lowest BCUT2D eigenvalue weighted by molar-refractivity contribution is -0.156. The average molecular weight is 829 g/mol. The van der Waals surface area contributed by atoms with E-state index in [0.717, 1.165) is 50.7 Å². The maximum absolute atomic E-state index is 13.1. The fourth-order valence-corrected chi connectivity index (χ4v) is 6.41. The van der Waals surface area contributed by atoms with Gasteiger partial charge in [-0.05, 0) is 74.6 Å². The number of hydrogen-bond acceptors (Lipinski definition) is 8. The highest BCUT2D eigenvalue weighted by Gasteiger charge is 2.32. The smallest absolute Gasteiger partial charge is 0.423 e. The third-order valence-electron chi connectivity index (χ3n) is 7.59. The Labute approximate surface area is 331 Å². The maximum Gasteiger partial charge on any atom is 0.423 e. The molecule has 0 amide bonds. The summed E-state index contributed by atoms with van der Waals surface area (Å²) in [7, 11) is 0. The molecule has 0 radical (unpaired) electrons. The van der Waals surface area contributed by atoms with Gasteiger partial charge in [-0.25, -0.2) is 19.2 Å². The van der Waals surface area contributed by atoms with Crippen LogP contribution in [0.3, 0.4) is 0 Å². The van der Waals surface area contributed by atoms with Gasteiger partial charge >= 0.3 is 23.9 Å². The standard InChI is InChI=1S/C38H32Cl6O8/c39-25-21-27(41)33(29(31(25)43)35(45)49-19-11-3-9-17-23-13-5-1-6-14-23)51-37(47)38(48)52-34-28(42)22-26(40)32(44)30(34)36(46)50-20-12-4-10-18-24-15-7-2-8-16-24/h1-2,5-8,13-16,21-22H,3-4,9-12,17-20H2. The first-order valence-electron chi connectivity index (χ1n) is 16.2. The molecule has 0 aliphatic carbocycles. The van der Waals surface area contributed by atoms with E-state index in [-0.39, 0.29) is 43.3 Å². The third kappa shape index (κ3) is 11.8. The summed E-state index contributed by atoms with van der Waals surface area (Å²) in [6.07, 6.45) is 6.08. The zero-order valence-corrected chi connectivity index (χ0v) is 32.1. The molecule has 8 nitrogen and oxygen atoms in total. The van der Waals surface area contributed by atoms with E-state index in [2.05, 4.69) is 0 Å². The van der Waals surface area contributed by atoms with Crippen molar-refractivity contribution in [2.24, 2.45) is 0 Å². The van der Waals surface area contributed by atoms with Gasteiger partial charge in [0.2, 0.25) is 0 Å². The Morgan fingerprint density at radius 2 is 0.827 bits per heavy atom. The fraction of sp³-hybridized carbons (Fsp3) is 0.263. The minimum Gasteiger partial charge on any atom is -0.462 e. The molecule has 0 fully saturated rings. The van der Waals surface area contributed by atoms with Gasteiger partial charge in [0, 0.05) is 0 Å². The molecule has 0 atom stereocenters. The number of rotatable bonds is 16. The summed E-state index contributed by atoms with van der Waals surface area (Å²) in [6, 6.07) is 22.1. The van der Waals surface area contributed by atoms with E-state index in [0.29, 0.717) is 12.8 Å². The minimum absolute atomic E-state index is 0.0197. The predicted molar refractivity (Wildman–Crippen MR) is 203 cm³/mol. The van der Waals surface area contributed by atoms with Crippen molar-refractivity contribution in [3.05, 3.63) is 125 Å². The zero-order chi connectivity index (χ0) is 37.6. The summed E-state index contributed by atoms with van der Waals surface area (Å²) >= 11 is 37.4. The van der Waals surface area contributed by atoms with Crippen molar-refractivity contribution in [2.45, 2.75) is 51.4 Å². The summed E-state index contributed by atoms with van der Waals surface area (Å²) in [5, 5.41) is -1.57. The second kappa shape index (κ2) is 20.7. The molecule has 4 aromatic rings. The molecule has 0 N–H and O–H groups in total. The van der Waals surface area contributed by atoms with Crippen LogP contribution in [0, 0.1) is 0 Å². The van der Waals surface area contributed by atoms with E-state index in [1.807, 2.05) is 60.7 Å². The number of aryl methyl sites for hydroxylation is 2. The summed E-state index contributed by atoms with van der Waals surface area (Å²) in [4.78, 5) is 52.2. The molecule has 0 aliphatic heterocycles. The first-order chi connectivity index (χ1) is 25.0. The van der Waals surface area contributed by atoms with Crippen molar-refractivity contribution in [3.63, 3.8) is 0 Å². The predicted octanol–water partition coefficient (Wildman–Crippen LogP) is 11.3. The van der Waals surface area contributed by atoms with Gasteiger partial charge in [0.05, 0.1) is 43.3 Å². The number of carbonyl (C=O) groups excluding carboxylic acids is 4. The van der Waals surface area contributed by atoms with Gasteiger partial charge in [0.15, 0.2) is 11.5 Å². The van der Waals surface area contributed by atoms with Crippen LogP contribution in [-0.4, -0.2) is 37.1 Å². The Morgan fingerprint density at radius 1 is 0.462 bits per heavy atom. The Bertz CT molecular complexity index is 1750. The van der Waals surface area contributed by atoms with Gasteiger partial charge in [-0.2, -0.15) is 0 Å². The van der Waals surface area contributed by atoms with Gasteiger partial charge in [0.1, 0.15) is 11.1 Å². The van der Waals surface area contributed by atoms with Gasteiger partial charge in [0.25, 0.3) is 0 Å². The Balaban J connectivity index is 1.38. The molecule has 0 spiro atoms. The number of carbonyl (C=O) groups is 4. The number of hydrogen-bond donors (Lipinski definition) is 0. The number of halogens is 6. The normalized spacial score (nSPS) is 10.8. The summed E-state index contributed by atoms with van der Waals surface area (Å²) < 4.78 is 21.1. The Morgan fingerprint density at radius 3 is 1.19 bits per heavy atom. The molecule has 0 saturated carbocycles. The van der Waals surface area contributed by atoms with Crippen molar-refractivity contribution in [1.29, 1.82) is 0 Å². The van der Waals surface area contributed by atoms with Crippen LogP contribution in [0.5, 0.6) is 11.5 Å². The van der Waals surface area contributed by atoms with Crippen molar-refractivity contribution in [1.82, 2.24) is 0 Å². The van der Waals surface area contributed by atoms with E-state index in [1.165, 1.54) is 11.1 Å². The van der Waals surface area contributed by atoms with E-state index in [4.69, 9.17) is 88.6 Å². The monoisotopic (exact) mass is 826 g/mol. The summed E-state index contributed by atoms with van der Waals surface area (Å²) in [5.74, 6) is -6.50. The Hall–Kier alpha value is -3.50. The number of benzene rings is 4. The van der Waals surface area contributed by atoms with Crippen LogP contribution < -0.4 is 9.47 Å². The highest BCUT2D eigenvalue weighted by atomic mass is 35.5. The van der Waals surface area contributed by atoms with Crippen LogP contribution in [0.4, 0.5) is 0 Å². The topological polar surface area (TPSA) is 105 Å².